The Bertz CT molecular complexity index is 966. The van der Waals surface area contributed by atoms with Gasteiger partial charge in [0, 0.05) is 29.9 Å². The molecule has 1 unspecified atom stereocenters. The van der Waals surface area contributed by atoms with E-state index in [1.165, 1.54) is 18.2 Å². The van der Waals surface area contributed by atoms with Crippen LogP contribution in [-0.4, -0.2) is 36.4 Å². The van der Waals surface area contributed by atoms with E-state index in [0.717, 1.165) is 23.4 Å². The van der Waals surface area contributed by atoms with Gasteiger partial charge in [0.05, 0.1) is 0 Å². The van der Waals surface area contributed by atoms with E-state index in [0.29, 0.717) is 18.5 Å². The summed E-state index contributed by atoms with van der Waals surface area (Å²) in [4.78, 5) is 7.38. The van der Waals surface area contributed by atoms with Crippen molar-refractivity contribution in [2.45, 2.75) is 25.4 Å². The lowest BCUT2D eigenvalue weighted by molar-refractivity contribution is -0.0941. The predicted molar refractivity (Wildman–Crippen MR) is 102 cm³/mol. The smallest absolute Gasteiger partial charge is 0.311 e. The van der Waals surface area contributed by atoms with Crippen LogP contribution < -0.4 is 4.74 Å². The molecule has 0 amide bonds. The normalized spacial score (nSPS) is 13.3. The Kier molecular flexibility index (Phi) is 6.02. The SMILES string of the molecule is CC(F)C(F)(F)COc1cccc(C=NCCc2c[nH]c3cc(F)ccc23)c1. The Balaban J connectivity index is 1.57. The van der Waals surface area contributed by atoms with Gasteiger partial charge in [-0.05, 0) is 54.8 Å². The zero-order valence-corrected chi connectivity index (χ0v) is 15.3. The molecule has 7 heteroatoms. The lowest BCUT2D eigenvalue weighted by Crippen LogP contribution is -2.34. The van der Waals surface area contributed by atoms with Crippen LogP contribution in [0.4, 0.5) is 17.6 Å². The van der Waals surface area contributed by atoms with Gasteiger partial charge in [-0.2, -0.15) is 8.78 Å². The molecule has 0 spiro atoms. The molecule has 0 radical (unpaired) electrons. The lowest BCUT2D eigenvalue weighted by Gasteiger charge is -2.18. The summed E-state index contributed by atoms with van der Waals surface area (Å²) in [6.07, 6.45) is 1.84. The summed E-state index contributed by atoms with van der Waals surface area (Å²) in [6.45, 7) is 0.288. The average molecular weight is 392 g/mol. The Labute approximate surface area is 160 Å². The highest BCUT2D eigenvalue weighted by molar-refractivity contribution is 5.83. The Morgan fingerprint density at radius 3 is 2.82 bits per heavy atom. The van der Waals surface area contributed by atoms with Gasteiger partial charge in [-0.15, -0.1) is 0 Å². The fourth-order valence-electron chi connectivity index (χ4n) is 2.70. The molecule has 1 aromatic heterocycles. The number of rotatable bonds is 8. The van der Waals surface area contributed by atoms with Crippen LogP contribution in [0.25, 0.3) is 10.9 Å². The van der Waals surface area contributed by atoms with Crippen molar-refractivity contribution < 1.29 is 22.3 Å². The highest BCUT2D eigenvalue weighted by Crippen LogP contribution is 2.23. The first-order valence-electron chi connectivity index (χ1n) is 8.85. The summed E-state index contributed by atoms with van der Waals surface area (Å²) in [6, 6.07) is 11.1. The van der Waals surface area contributed by atoms with Gasteiger partial charge in [0.15, 0.2) is 12.8 Å². The monoisotopic (exact) mass is 392 g/mol. The molecular weight excluding hydrogens is 372 g/mol. The van der Waals surface area contributed by atoms with Crippen LogP contribution in [0.5, 0.6) is 5.75 Å². The quantitative estimate of drug-likeness (QED) is 0.408. The number of aromatic nitrogens is 1. The third kappa shape index (κ3) is 4.91. The Morgan fingerprint density at radius 2 is 2.04 bits per heavy atom. The summed E-state index contributed by atoms with van der Waals surface area (Å²) >= 11 is 0. The van der Waals surface area contributed by atoms with Crippen molar-refractivity contribution in [2.24, 2.45) is 4.99 Å². The molecule has 0 aliphatic rings. The van der Waals surface area contributed by atoms with Crippen LogP contribution in [0.2, 0.25) is 0 Å². The second-order valence-electron chi connectivity index (χ2n) is 6.53. The topological polar surface area (TPSA) is 37.4 Å². The van der Waals surface area contributed by atoms with E-state index in [-0.39, 0.29) is 11.6 Å². The van der Waals surface area contributed by atoms with Crippen molar-refractivity contribution in [3.63, 3.8) is 0 Å². The number of ether oxygens (including phenoxy) is 1. The first-order valence-corrected chi connectivity index (χ1v) is 8.85. The maximum Gasteiger partial charge on any atom is 0.311 e. The van der Waals surface area contributed by atoms with Crippen LogP contribution in [0.15, 0.2) is 53.7 Å². The minimum atomic E-state index is -3.54. The fraction of sp³-hybridized carbons (Fsp3) is 0.286. The van der Waals surface area contributed by atoms with Gasteiger partial charge >= 0.3 is 5.92 Å². The number of nitrogens with zero attached hydrogens (tertiary/aromatic N) is 1. The van der Waals surface area contributed by atoms with Crippen LogP contribution in [0.3, 0.4) is 0 Å². The summed E-state index contributed by atoms with van der Waals surface area (Å²) in [5.41, 5.74) is 2.46. The van der Waals surface area contributed by atoms with Gasteiger partial charge in [0.1, 0.15) is 11.6 Å². The Morgan fingerprint density at radius 1 is 1.21 bits per heavy atom. The number of fused-ring (bicyclic) bond motifs is 1. The minimum Gasteiger partial charge on any atom is -0.487 e. The number of alkyl halides is 3. The molecule has 0 fully saturated rings. The van der Waals surface area contributed by atoms with Gasteiger partial charge in [0.25, 0.3) is 0 Å². The standard InChI is InChI=1S/C21H20F4N2O/c1-14(22)21(24,25)13-28-18-4-2-3-15(9-18)11-26-8-7-16-12-27-20-10-17(23)5-6-19(16)20/h2-6,9-12,14,27H,7-8,13H2,1H3. The van der Waals surface area contributed by atoms with E-state index in [9.17, 15) is 17.6 Å². The largest absolute Gasteiger partial charge is 0.487 e. The van der Waals surface area contributed by atoms with Crippen molar-refractivity contribution >= 4 is 17.1 Å². The average Bonchev–Trinajstić information content (AvgIpc) is 3.06. The summed E-state index contributed by atoms with van der Waals surface area (Å²) in [5.74, 6) is -3.60. The number of nitrogens with one attached hydrogen (secondary N) is 1. The van der Waals surface area contributed by atoms with E-state index < -0.39 is 18.7 Å². The van der Waals surface area contributed by atoms with Crippen LogP contribution in [0, 0.1) is 5.82 Å². The Hall–Kier alpha value is -2.83. The molecule has 0 bridgehead atoms. The number of H-pyrrole nitrogens is 1. The molecule has 28 heavy (non-hydrogen) atoms. The van der Waals surface area contributed by atoms with Gasteiger partial charge in [-0.25, -0.2) is 8.78 Å². The molecule has 1 atom stereocenters. The van der Waals surface area contributed by atoms with Crippen molar-refractivity contribution in [1.82, 2.24) is 4.98 Å². The first-order chi connectivity index (χ1) is 13.3. The summed E-state index contributed by atoms with van der Waals surface area (Å²) in [7, 11) is 0. The molecule has 1 heterocycles. The van der Waals surface area contributed by atoms with Crippen molar-refractivity contribution in [1.29, 1.82) is 0 Å². The molecule has 0 saturated carbocycles. The molecule has 2 aromatic carbocycles. The van der Waals surface area contributed by atoms with Gasteiger partial charge in [-0.3, -0.25) is 4.99 Å². The van der Waals surface area contributed by atoms with Crippen molar-refractivity contribution in [3.8, 4) is 5.75 Å². The summed E-state index contributed by atoms with van der Waals surface area (Å²) < 4.78 is 57.7. The third-order valence-electron chi connectivity index (χ3n) is 4.35. The van der Waals surface area contributed by atoms with Crippen LogP contribution in [0.1, 0.15) is 18.1 Å². The van der Waals surface area contributed by atoms with Gasteiger partial charge in [-0.1, -0.05) is 12.1 Å². The number of halogens is 4. The molecule has 3 nitrogen and oxygen atoms in total. The maximum absolute atomic E-state index is 13.3. The number of hydrogen-bond acceptors (Lipinski definition) is 2. The van der Waals surface area contributed by atoms with E-state index in [4.69, 9.17) is 4.74 Å². The van der Waals surface area contributed by atoms with E-state index in [2.05, 4.69) is 9.98 Å². The highest BCUT2D eigenvalue weighted by atomic mass is 19.3. The van der Waals surface area contributed by atoms with Crippen molar-refractivity contribution in [2.75, 3.05) is 13.2 Å². The second-order valence-corrected chi connectivity index (χ2v) is 6.53. The zero-order valence-electron chi connectivity index (χ0n) is 15.3. The number of aromatic amines is 1. The molecule has 0 aliphatic carbocycles. The zero-order chi connectivity index (χ0) is 20.1. The maximum atomic E-state index is 13.3. The highest BCUT2D eigenvalue weighted by Gasteiger charge is 2.37. The third-order valence-corrected chi connectivity index (χ3v) is 4.35. The van der Waals surface area contributed by atoms with Gasteiger partial charge in [0.2, 0.25) is 0 Å². The number of hydrogen-bond donors (Lipinski definition) is 1. The molecular formula is C21H20F4N2O. The van der Waals surface area contributed by atoms with E-state index in [1.54, 1.807) is 30.5 Å². The van der Waals surface area contributed by atoms with Crippen molar-refractivity contribution in [3.05, 3.63) is 65.6 Å². The number of aliphatic imine (C=N–C) groups is 1. The molecule has 148 valence electrons. The van der Waals surface area contributed by atoms with Crippen LogP contribution in [-0.2, 0) is 6.42 Å². The second kappa shape index (κ2) is 8.46. The molecule has 1 N–H and O–H groups in total. The molecule has 0 saturated heterocycles. The minimum absolute atomic E-state index is 0.225. The predicted octanol–water partition coefficient (Wildman–Crippen LogP) is 5.34. The van der Waals surface area contributed by atoms with E-state index in [1.807, 2.05) is 6.20 Å². The van der Waals surface area contributed by atoms with Crippen LogP contribution >= 0.6 is 0 Å². The van der Waals surface area contributed by atoms with Gasteiger partial charge < -0.3 is 9.72 Å². The van der Waals surface area contributed by atoms with E-state index >= 15 is 0 Å². The summed E-state index contributed by atoms with van der Waals surface area (Å²) in [5, 5.41) is 0.954. The molecule has 3 rings (SSSR count). The number of benzene rings is 2. The fourth-order valence-corrected chi connectivity index (χ4v) is 2.70. The first kappa shape index (κ1) is 19.9. The molecule has 3 aromatic rings. The lowest BCUT2D eigenvalue weighted by atomic mass is 10.1. The molecule has 0 aliphatic heterocycles.